The number of anilines is 1. The summed E-state index contributed by atoms with van der Waals surface area (Å²) in [5, 5.41) is 9.48. The Labute approximate surface area is 210 Å². The van der Waals surface area contributed by atoms with Gasteiger partial charge in [-0.05, 0) is 56.8 Å². The number of fused-ring (bicyclic) bond motifs is 1. The molecule has 0 unspecified atom stereocenters. The molecule has 3 aromatic heterocycles. The SMILES string of the molecule is CCn1cc(/C=c2/sc3n(c2=O)[C@H](c2cccs2)C(C(=O)Nc2ccccc2C)=C(C)N=3)c(C)n1. The van der Waals surface area contributed by atoms with E-state index >= 15 is 0 Å². The minimum absolute atomic E-state index is 0.163. The monoisotopic (exact) mass is 503 g/mol. The molecule has 4 heterocycles. The summed E-state index contributed by atoms with van der Waals surface area (Å²) in [4.78, 5) is 33.5. The van der Waals surface area contributed by atoms with Gasteiger partial charge in [-0.2, -0.15) is 5.10 Å². The quantitative estimate of drug-likeness (QED) is 0.450. The zero-order valence-electron chi connectivity index (χ0n) is 19.9. The molecule has 1 atom stereocenters. The molecule has 1 aliphatic heterocycles. The number of thiazole rings is 1. The topological polar surface area (TPSA) is 81.3 Å². The predicted molar refractivity (Wildman–Crippen MR) is 141 cm³/mol. The lowest BCUT2D eigenvalue weighted by atomic mass is 10.0. The van der Waals surface area contributed by atoms with Gasteiger partial charge >= 0.3 is 0 Å². The van der Waals surface area contributed by atoms with Crippen LogP contribution in [-0.4, -0.2) is 20.3 Å². The van der Waals surface area contributed by atoms with Gasteiger partial charge in [0.05, 0.1) is 21.5 Å². The van der Waals surface area contributed by atoms with E-state index in [1.165, 1.54) is 22.7 Å². The minimum Gasteiger partial charge on any atom is -0.322 e. The summed E-state index contributed by atoms with van der Waals surface area (Å²) >= 11 is 2.86. The highest BCUT2D eigenvalue weighted by molar-refractivity contribution is 7.10. The molecular formula is C26H25N5O2S2. The highest BCUT2D eigenvalue weighted by Crippen LogP contribution is 2.33. The van der Waals surface area contributed by atoms with Crippen LogP contribution in [0.15, 0.2) is 69.0 Å². The Morgan fingerprint density at radius 3 is 2.66 bits per heavy atom. The second kappa shape index (κ2) is 9.24. The lowest BCUT2D eigenvalue weighted by Crippen LogP contribution is -2.40. The maximum Gasteiger partial charge on any atom is 0.271 e. The Morgan fingerprint density at radius 1 is 1.17 bits per heavy atom. The number of benzene rings is 1. The first-order valence-corrected chi connectivity index (χ1v) is 13.0. The zero-order chi connectivity index (χ0) is 24.7. The van der Waals surface area contributed by atoms with Crippen molar-refractivity contribution in [1.82, 2.24) is 14.3 Å². The fourth-order valence-electron chi connectivity index (χ4n) is 4.21. The first-order chi connectivity index (χ1) is 16.9. The molecular weight excluding hydrogens is 478 g/mol. The van der Waals surface area contributed by atoms with Crippen LogP contribution in [0.4, 0.5) is 5.69 Å². The smallest absolute Gasteiger partial charge is 0.271 e. The molecule has 35 heavy (non-hydrogen) atoms. The van der Waals surface area contributed by atoms with Gasteiger partial charge in [-0.3, -0.25) is 18.8 Å². The summed E-state index contributed by atoms with van der Waals surface area (Å²) < 4.78 is 4.07. The molecule has 0 aliphatic carbocycles. The number of para-hydroxylation sites is 1. The zero-order valence-corrected chi connectivity index (χ0v) is 21.5. The van der Waals surface area contributed by atoms with Crippen molar-refractivity contribution in [2.75, 3.05) is 5.32 Å². The van der Waals surface area contributed by atoms with Crippen molar-refractivity contribution < 1.29 is 4.79 Å². The van der Waals surface area contributed by atoms with Crippen molar-refractivity contribution in [1.29, 1.82) is 0 Å². The number of aryl methyl sites for hydroxylation is 3. The number of allylic oxidation sites excluding steroid dienone is 1. The van der Waals surface area contributed by atoms with E-state index in [4.69, 9.17) is 4.99 Å². The van der Waals surface area contributed by atoms with Crippen LogP contribution >= 0.6 is 22.7 Å². The van der Waals surface area contributed by atoms with Crippen molar-refractivity contribution in [2.45, 2.75) is 40.3 Å². The molecule has 5 rings (SSSR count). The van der Waals surface area contributed by atoms with Crippen molar-refractivity contribution >= 4 is 40.3 Å². The molecule has 1 aliphatic rings. The average molecular weight is 504 g/mol. The third kappa shape index (κ3) is 4.21. The van der Waals surface area contributed by atoms with Gasteiger partial charge in [-0.1, -0.05) is 35.6 Å². The maximum absolute atomic E-state index is 13.7. The van der Waals surface area contributed by atoms with Crippen LogP contribution in [0, 0.1) is 13.8 Å². The van der Waals surface area contributed by atoms with E-state index in [0.717, 1.165) is 33.9 Å². The number of nitrogens with zero attached hydrogens (tertiary/aromatic N) is 4. The summed E-state index contributed by atoms with van der Waals surface area (Å²) in [5.41, 5.74) is 4.39. The fraction of sp³-hybridized carbons (Fsp3) is 0.231. The summed E-state index contributed by atoms with van der Waals surface area (Å²) in [7, 11) is 0. The highest BCUT2D eigenvalue weighted by Gasteiger charge is 2.33. The Kier molecular flexibility index (Phi) is 6.12. The third-order valence-corrected chi connectivity index (χ3v) is 7.97. The van der Waals surface area contributed by atoms with Crippen molar-refractivity contribution in [3.8, 4) is 0 Å². The average Bonchev–Trinajstić information content (AvgIpc) is 3.55. The van der Waals surface area contributed by atoms with E-state index in [0.29, 0.717) is 20.6 Å². The Bertz CT molecular complexity index is 1640. The second-order valence-corrected chi connectivity index (χ2v) is 10.4. The predicted octanol–water partition coefficient (Wildman–Crippen LogP) is 3.77. The number of hydrogen-bond acceptors (Lipinski definition) is 6. The highest BCUT2D eigenvalue weighted by atomic mass is 32.1. The van der Waals surface area contributed by atoms with E-state index in [1.54, 1.807) is 4.57 Å². The minimum atomic E-state index is -0.545. The fourth-order valence-corrected chi connectivity index (χ4v) is 6.07. The van der Waals surface area contributed by atoms with Crippen molar-refractivity contribution in [3.05, 3.63) is 101 Å². The largest absolute Gasteiger partial charge is 0.322 e. The molecule has 0 radical (unpaired) electrons. The molecule has 1 aromatic carbocycles. The number of carbonyl (C=O) groups excluding carboxylic acids is 1. The Hall–Kier alpha value is -3.56. The normalized spacial score (nSPS) is 15.8. The van der Waals surface area contributed by atoms with Crippen LogP contribution in [0.5, 0.6) is 0 Å². The van der Waals surface area contributed by atoms with Gasteiger partial charge in [0.15, 0.2) is 4.80 Å². The number of thiophene rings is 1. The Balaban J connectivity index is 1.65. The van der Waals surface area contributed by atoms with Gasteiger partial charge in [0, 0.05) is 28.9 Å². The lowest BCUT2D eigenvalue weighted by molar-refractivity contribution is -0.113. The molecule has 0 spiro atoms. The van der Waals surface area contributed by atoms with E-state index in [-0.39, 0.29) is 11.5 Å². The summed E-state index contributed by atoms with van der Waals surface area (Å²) in [6, 6.07) is 11.0. The molecule has 0 saturated heterocycles. The second-order valence-electron chi connectivity index (χ2n) is 8.39. The summed E-state index contributed by atoms with van der Waals surface area (Å²) in [6.45, 7) is 8.50. The van der Waals surface area contributed by atoms with Crippen LogP contribution in [-0.2, 0) is 11.3 Å². The van der Waals surface area contributed by atoms with Gasteiger partial charge in [-0.15, -0.1) is 11.3 Å². The standard InChI is InChI=1S/C26H25N5O2S2/c1-5-30-14-18(16(3)29-30)13-21-25(33)31-23(20-11-8-12-34-20)22(17(4)27-26(31)35-21)24(32)28-19-10-7-6-9-15(19)2/h6-14,23H,5H2,1-4H3,(H,28,32)/b21-13+/t23-/m1/s1. The first-order valence-electron chi connectivity index (χ1n) is 11.3. The molecule has 0 bridgehead atoms. The van der Waals surface area contributed by atoms with Crippen LogP contribution < -0.4 is 20.2 Å². The molecule has 0 saturated carbocycles. The van der Waals surface area contributed by atoms with Gasteiger partial charge in [0.2, 0.25) is 0 Å². The van der Waals surface area contributed by atoms with Crippen LogP contribution in [0.3, 0.4) is 0 Å². The maximum atomic E-state index is 13.7. The van der Waals surface area contributed by atoms with E-state index in [2.05, 4.69) is 10.4 Å². The molecule has 4 aromatic rings. The number of amides is 1. The van der Waals surface area contributed by atoms with Crippen molar-refractivity contribution in [3.63, 3.8) is 0 Å². The molecule has 178 valence electrons. The Morgan fingerprint density at radius 2 is 1.97 bits per heavy atom. The van der Waals surface area contributed by atoms with Crippen molar-refractivity contribution in [2.24, 2.45) is 4.99 Å². The first kappa shape index (κ1) is 23.2. The molecule has 7 nitrogen and oxygen atoms in total. The lowest BCUT2D eigenvalue weighted by Gasteiger charge is -2.24. The van der Waals surface area contributed by atoms with E-state index < -0.39 is 6.04 Å². The van der Waals surface area contributed by atoms with Gasteiger partial charge in [-0.25, -0.2) is 4.99 Å². The molecule has 1 N–H and O–H groups in total. The van der Waals surface area contributed by atoms with Crippen LogP contribution in [0.1, 0.15) is 41.6 Å². The van der Waals surface area contributed by atoms with Crippen LogP contribution in [0.25, 0.3) is 6.08 Å². The molecule has 1 amide bonds. The van der Waals surface area contributed by atoms with Gasteiger partial charge in [0.25, 0.3) is 11.5 Å². The molecule has 9 heteroatoms. The third-order valence-electron chi connectivity index (χ3n) is 6.07. The summed E-state index contributed by atoms with van der Waals surface area (Å²) in [5.74, 6) is -0.256. The summed E-state index contributed by atoms with van der Waals surface area (Å²) in [6.07, 6.45) is 3.81. The number of aromatic nitrogens is 3. The van der Waals surface area contributed by atoms with Crippen LogP contribution in [0.2, 0.25) is 0 Å². The van der Waals surface area contributed by atoms with E-state index in [1.807, 2.05) is 86.4 Å². The molecule has 0 fully saturated rings. The number of carbonyl (C=O) groups is 1. The number of hydrogen-bond donors (Lipinski definition) is 1. The van der Waals surface area contributed by atoms with E-state index in [9.17, 15) is 9.59 Å². The number of nitrogens with one attached hydrogen (secondary N) is 1. The van der Waals surface area contributed by atoms with Gasteiger partial charge < -0.3 is 5.32 Å². The number of rotatable bonds is 5. The van der Waals surface area contributed by atoms with Gasteiger partial charge in [0.1, 0.15) is 6.04 Å².